The molecule has 0 bridgehead atoms. The van der Waals surface area contributed by atoms with E-state index in [2.05, 4.69) is 12.2 Å². The van der Waals surface area contributed by atoms with Crippen LogP contribution in [-0.4, -0.2) is 35.7 Å². The quantitative estimate of drug-likeness (QED) is 0.824. The molecule has 0 radical (unpaired) electrons. The summed E-state index contributed by atoms with van der Waals surface area (Å²) in [5.41, 5.74) is 2.11. The third kappa shape index (κ3) is 3.96. The minimum Gasteiger partial charge on any atom is -0.488 e. The fourth-order valence-corrected chi connectivity index (χ4v) is 5.24. The van der Waals surface area contributed by atoms with Gasteiger partial charge in [-0.25, -0.2) is 0 Å². The van der Waals surface area contributed by atoms with Gasteiger partial charge in [0.05, 0.1) is 0 Å². The fourth-order valence-electron chi connectivity index (χ4n) is 4.19. The van der Waals surface area contributed by atoms with Gasteiger partial charge in [-0.05, 0) is 57.7 Å². The monoisotopic (exact) mass is 385 g/mol. The molecule has 4 nitrogen and oxygen atoms in total. The number of ether oxygens (including phenoxy) is 1. The van der Waals surface area contributed by atoms with Crippen molar-refractivity contribution in [2.75, 3.05) is 6.54 Å². The highest BCUT2D eigenvalue weighted by Crippen LogP contribution is 2.32. The highest BCUT2D eigenvalue weighted by molar-refractivity contribution is 7.12. The summed E-state index contributed by atoms with van der Waals surface area (Å²) in [4.78, 5) is 15.2. The molecule has 1 heterocycles. The number of hydrogen-bond donors (Lipinski definition) is 2. The van der Waals surface area contributed by atoms with Gasteiger partial charge in [0.15, 0.2) is 5.78 Å². The van der Waals surface area contributed by atoms with Gasteiger partial charge in [0.1, 0.15) is 18.0 Å². The van der Waals surface area contributed by atoms with Gasteiger partial charge in [-0.15, -0.1) is 11.3 Å². The van der Waals surface area contributed by atoms with E-state index in [0.29, 0.717) is 6.54 Å². The van der Waals surface area contributed by atoms with Crippen LogP contribution in [0, 0.1) is 19.8 Å². The molecule has 1 aromatic heterocycles. The van der Waals surface area contributed by atoms with Crippen LogP contribution in [0.1, 0.15) is 44.9 Å². The van der Waals surface area contributed by atoms with Crippen molar-refractivity contribution in [3.63, 3.8) is 0 Å². The van der Waals surface area contributed by atoms with Crippen LogP contribution in [0.15, 0.2) is 30.3 Å². The first-order valence-electron chi connectivity index (χ1n) is 9.79. The van der Waals surface area contributed by atoms with Crippen molar-refractivity contribution in [3.8, 4) is 5.75 Å². The highest BCUT2D eigenvalue weighted by atomic mass is 32.1. The molecule has 2 aliphatic carbocycles. The number of thiophene rings is 1. The Hall–Kier alpha value is -1.69. The molecule has 0 amide bonds. The fraction of sp³-hybridized carbons (Fsp3) is 0.500. The number of carbonyl (C=O) groups excluding carboxylic acids is 1. The number of carbonyl (C=O) groups is 1. The Morgan fingerprint density at radius 2 is 1.96 bits per heavy atom. The van der Waals surface area contributed by atoms with Gasteiger partial charge in [-0.1, -0.05) is 17.7 Å². The first-order chi connectivity index (χ1) is 13.0. The van der Waals surface area contributed by atoms with Crippen molar-refractivity contribution in [3.05, 3.63) is 51.2 Å². The number of aryl methyl sites for hydroxylation is 3. The molecule has 0 spiro atoms. The Morgan fingerprint density at radius 3 is 2.74 bits per heavy atom. The second-order valence-corrected chi connectivity index (χ2v) is 9.19. The Bertz CT molecular complexity index is 813. The van der Waals surface area contributed by atoms with Crippen molar-refractivity contribution in [2.45, 2.75) is 57.8 Å². The summed E-state index contributed by atoms with van der Waals surface area (Å²) in [6, 6.07) is 9.94. The van der Waals surface area contributed by atoms with E-state index in [0.717, 1.165) is 37.0 Å². The SMILES string of the molecule is Cc1ccc(OC2CCC(NCC3CCc4sc(C)cc4C3=O)C2O)cc1. The van der Waals surface area contributed by atoms with Gasteiger partial charge in [-0.2, -0.15) is 0 Å². The smallest absolute Gasteiger partial charge is 0.168 e. The zero-order chi connectivity index (χ0) is 19.0. The molecule has 4 unspecified atom stereocenters. The molecule has 2 N–H and O–H groups in total. The summed E-state index contributed by atoms with van der Waals surface area (Å²) in [5.74, 6) is 1.07. The number of benzene rings is 1. The van der Waals surface area contributed by atoms with Gasteiger partial charge in [0.2, 0.25) is 0 Å². The topological polar surface area (TPSA) is 58.6 Å². The summed E-state index contributed by atoms with van der Waals surface area (Å²) >= 11 is 1.74. The number of aliphatic hydroxyl groups is 1. The Labute approximate surface area is 164 Å². The summed E-state index contributed by atoms with van der Waals surface area (Å²) in [5, 5.41) is 14.1. The lowest BCUT2D eigenvalue weighted by molar-refractivity contribution is 0.0441. The zero-order valence-corrected chi connectivity index (χ0v) is 16.7. The number of ketones is 1. The average molecular weight is 386 g/mol. The number of hydrogen-bond acceptors (Lipinski definition) is 5. The molecule has 27 heavy (non-hydrogen) atoms. The number of nitrogens with one attached hydrogen (secondary N) is 1. The van der Waals surface area contributed by atoms with E-state index in [1.807, 2.05) is 37.3 Å². The Balaban J connectivity index is 1.31. The normalized spacial score (nSPS) is 27.6. The van der Waals surface area contributed by atoms with Crippen molar-refractivity contribution in [1.29, 1.82) is 0 Å². The Morgan fingerprint density at radius 1 is 1.19 bits per heavy atom. The third-order valence-electron chi connectivity index (χ3n) is 5.78. The molecule has 0 saturated heterocycles. The molecule has 1 aromatic carbocycles. The van der Waals surface area contributed by atoms with Crippen molar-refractivity contribution in [1.82, 2.24) is 5.32 Å². The second kappa shape index (κ2) is 7.74. The van der Waals surface area contributed by atoms with Crippen LogP contribution >= 0.6 is 11.3 Å². The van der Waals surface area contributed by atoms with Gasteiger partial charge < -0.3 is 15.2 Å². The lowest BCUT2D eigenvalue weighted by Gasteiger charge is -2.25. The number of fused-ring (bicyclic) bond motifs is 1. The van der Waals surface area contributed by atoms with E-state index in [1.165, 1.54) is 15.3 Å². The van der Waals surface area contributed by atoms with E-state index in [9.17, 15) is 9.90 Å². The first-order valence-corrected chi connectivity index (χ1v) is 10.6. The molecule has 4 rings (SSSR count). The van der Waals surface area contributed by atoms with E-state index in [1.54, 1.807) is 11.3 Å². The molecule has 0 aliphatic heterocycles. The van der Waals surface area contributed by atoms with Crippen molar-refractivity contribution >= 4 is 17.1 Å². The standard InChI is InChI=1S/C22H27NO3S/c1-13-3-6-16(7-4-13)26-19-9-8-18(22(19)25)23-12-15-5-10-20-17(21(15)24)11-14(2)27-20/h3-4,6-7,11,15,18-19,22-23,25H,5,8-10,12H2,1-2H3. The van der Waals surface area contributed by atoms with E-state index >= 15 is 0 Å². The van der Waals surface area contributed by atoms with Crippen LogP contribution in [0.4, 0.5) is 0 Å². The number of rotatable bonds is 5. The summed E-state index contributed by atoms with van der Waals surface area (Å²) in [6.07, 6.45) is 2.81. The van der Waals surface area contributed by atoms with Crippen LogP contribution in [0.25, 0.3) is 0 Å². The predicted octanol–water partition coefficient (Wildman–Crippen LogP) is 3.67. The lowest BCUT2D eigenvalue weighted by Crippen LogP contribution is -2.44. The summed E-state index contributed by atoms with van der Waals surface area (Å²) in [7, 11) is 0. The summed E-state index contributed by atoms with van der Waals surface area (Å²) in [6.45, 7) is 4.74. The van der Waals surface area contributed by atoms with Crippen molar-refractivity contribution in [2.24, 2.45) is 5.92 Å². The zero-order valence-electron chi connectivity index (χ0n) is 15.9. The second-order valence-electron chi connectivity index (χ2n) is 7.85. The molecule has 2 aromatic rings. The van der Waals surface area contributed by atoms with Crippen molar-refractivity contribution < 1.29 is 14.6 Å². The van der Waals surface area contributed by atoms with E-state index in [-0.39, 0.29) is 23.8 Å². The highest BCUT2D eigenvalue weighted by Gasteiger charge is 2.37. The van der Waals surface area contributed by atoms with Crippen LogP contribution in [-0.2, 0) is 6.42 Å². The molecular formula is C22H27NO3S. The van der Waals surface area contributed by atoms with E-state index < -0.39 is 6.10 Å². The van der Waals surface area contributed by atoms with Crippen LogP contribution < -0.4 is 10.1 Å². The van der Waals surface area contributed by atoms with Gasteiger partial charge in [0, 0.05) is 33.8 Å². The first kappa shape index (κ1) is 18.7. The van der Waals surface area contributed by atoms with Crippen LogP contribution in [0.3, 0.4) is 0 Å². The number of Topliss-reactive ketones (excluding diaryl/α,β-unsaturated/α-hetero) is 1. The van der Waals surface area contributed by atoms with E-state index in [4.69, 9.17) is 4.74 Å². The minimum atomic E-state index is -0.552. The molecule has 1 fully saturated rings. The van der Waals surface area contributed by atoms with Gasteiger partial charge in [0.25, 0.3) is 0 Å². The molecule has 5 heteroatoms. The maximum Gasteiger partial charge on any atom is 0.168 e. The summed E-state index contributed by atoms with van der Waals surface area (Å²) < 4.78 is 5.98. The average Bonchev–Trinajstić information content (AvgIpc) is 3.20. The Kier molecular flexibility index (Phi) is 5.35. The molecule has 4 atom stereocenters. The lowest BCUT2D eigenvalue weighted by atomic mass is 9.87. The van der Waals surface area contributed by atoms with Gasteiger partial charge >= 0.3 is 0 Å². The third-order valence-corrected chi connectivity index (χ3v) is 6.89. The van der Waals surface area contributed by atoms with Gasteiger partial charge in [-0.3, -0.25) is 4.79 Å². The van der Waals surface area contributed by atoms with Crippen LogP contribution in [0.2, 0.25) is 0 Å². The molecule has 1 saturated carbocycles. The molecule has 144 valence electrons. The molecular weight excluding hydrogens is 358 g/mol. The predicted molar refractivity (Wildman–Crippen MR) is 108 cm³/mol. The number of aliphatic hydroxyl groups excluding tert-OH is 1. The minimum absolute atomic E-state index is 0.00997. The largest absolute Gasteiger partial charge is 0.488 e. The maximum atomic E-state index is 12.7. The molecule has 2 aliphatic rings. The van der Waals surface area contributed by atoms with Crippen LogP contribution in [0.5, 0.6) is 5.75 Å². The maximum absolute atomic E-state index is 12.7.